The van der Waals surface area contributed by atoms with Crippen molar-refractivity contribution in [3.63, 3.8) is 0 Å². The Bertz CT molecular complexity index is 139. The van der Waals surface area contributed by atoms with Crippen molar-refractivity contribution >= 4 is 5.78 Å². The van der Waals surface area contributed by atoms with Crippen molar-refractivity contribution in [2.24, 2.45) is 11.8 Å². The summed E-state index contributed by atoms with van der Waals surface area (Å²) in [5.41, 5.74) is 0. The van der Waals surface area contributed by atoms with E-state index in [-0.39, 0.29) is 0 Å². The highest BCUT2D eigenvalue weighted by molar-refractivity contribution is 5.78. The van der Waals surface area contributed by atoms with Crippen LogP contribution in [0.15, 0.2) is 0 Å². The normalized spacial score (nSPS) is 11.2. The molecule has 0 aromatic carbocycles. The minimum atomic E-state index is 0.318. The zero-order valence-electron chi connectivity index (χ0n) is 9.30. The van der Waals surface area contributed by atoms with Gasteiger partial charge in [-0.3, -0.25) is 4.79 Å². The molecule has 0 aromatic rings. The molecule has 0 rings (SSSR count). The maximum Gasteiger partial charge on any atom is 0.135 e. The lowest BCUT2D eigenvalue weighted by Crippen LogP contribution is -2.09. The third-order valence-electron chi connectivity index (χ3n) is 1.61. The standard InChI is InChI=1S/C11H22O2/c1-9(2)7-11(12)5-6-13-8-10(3)4/h9-10H,5-8H2,1-4H3. The molecular weight excluding hydrogens is 164 g/mol. The summed E-state index contributed by atoms with van der Waals surface area (Å²) in [7, 11) is 0. The van der Waals surface area contributed by atoms with E-state index in [2.05, 4.69) is 27.7 Å². The summed E-state index contributed by atoms with van der Waals surface area (Å²) in [5.74, 6) is 1.34. The van der Waals surface area contributed by atoms with Gasteiger partial charge >= 0.3 is 0 Å². The van der Waals surface area contributed by atoms with Gasteiger partial charge < -0.3 is 4.74 Å². The SMILES string of the molecule is CC(C)COCCC(=O)CC(C)C. The molecule has 0 spiro atoms. The second kappa shape index (κ2) is 7.07. The first-order valence-electron chi connectivity index (χ1n) is 5.11. The van der Waals surface area contributed by atoms with Crippen LogP contribution in [0, 0.1) is 11.8 Å². The van der Waals surface area contributed by atoms with Crippen molar-refractivity contribution < 1.29 is 9.53 Å². The summed E-state index contributed by atoms with van der Waals surface area (Å²) in [4.78, 5) is 11.2. The predicted octanol–water partition coefficient (Wildman–Crippen LogP) is 2.66. The third kappa shape index (κ3) is 9.54. The summed E-state index contributed by atoms with van der Waals surface area (Å²) in [6.07, 6.45) is 1.26. The average molecular weight is 186 g/mol. The van der Waals surface area contributed by atoms with E-state index in [9.17, 15) is 4.79 Å². The molecule has 0 heterocycles. The summed E-state index contributed by atoms with van der Waals surface area (Å²) in [5, 5.41) is 0. The number of Topliss-reactive ketones (excluding diaryl/α,β-unsaturated/α-hetero) is 1. The van der Waals surface area contributed by atoms with E-state index >= 15 is 0 Å². The van der Waals surface area contributed by atoms with Gasteiger partial charge in [-0.2, -0.15) is 0 Å². The van der Waals surface area contributed by atoms with E-state index in [4.69, 9.17) is 4.74 Å². The first-order chi connectivity index (χ1) is 6.02. The van der Waals surface area contributed by atoms with Gasteiger partial charge in [-0.15, -0.1) is 0 Å². The van der Waals surface area contributed by atoms with Gasteiger partial charge in [0.15, 0.2) is 0 Å². The van der Waals surface area contributed by atoms with Crippen molar-refractivity contribution in [2.75, 3.05) is 13.2 Å². The van der Waals surface area contributed by atoms with Gasteiger partial charge in [0.05, 0.1) is 6.61 Å². The molecule has 0 aromatic heterocycles. The molecule has 13 heavy (non-hydrogen) atoms. The Morgan fingerprint density at radius 2 is 1.77 bits per heavy atom. The van der Waals surface area contributed by atoms with Crippen molar-refractivity contribution in [3.05, 3.63) is 0 Å². The topological polar surface area (TPSA) is 26.3 Å². The van der Waals surface area contributed by atoms with Crippen molar-refractivity contribution in [3.8, 4) is 0 Å². The molecule has 0 saturated heterocycles. The predicted molar refractivity (Wildman–Crippen MR) is 54.7 cm³/mol. The Balaban J connectivity index is 3.27. The van der Waals surface area contributed by atoms with Crippen LogP contribution in [-0.4, -0.2) is 19.0 Å². The van der Waals surface area contributed by atoms with Crippen LogP contribution in [0.3, 0.4) is 0 Å². The molecule has 0 aliphatic carbocycles. The van der Waals surface area contributed by atoms with Crippen LogP contribution in [-0.2, 0) is 9.53 Å². The van der Waals surface area contributed by atoms with Gasteiger partial charge in [-0.1, -0.05) is 27.7 Å². The van der Waals surface area contributed by atoms with E-state index in [0.717, 1.165) is 6.61 Å². The van der Waals surface area contributed by atoms with Gasteiger partial charge in [0.2, 0.25) is 0 Å². The summed E-state index contributed by atoms with van der Waals surface area (Å²) >= 11 is 0. The molecule has 0 atom stereocenters. The number of hydrogen-bond acceptors (Lipinski definition) is 2. The van der Waals surface area contributed by atoms with Crippen LogP contribution in [0.25, 0.3) is 0 Å². The summed E-state index contributed by atoms with van der Waals surface area (Å²) < 4.78 is 5.33. The number of carbonyl (C=O) groups is 1. The highest BCUT2D eigenvalue weighted by Gasteiger charge is 2.04. The fourth-order valence-electron chi connectivity index (χ4n) is 1.06. The molecular formula is C11H22O2. The summed E-state index contributed by atoms with van der Waals surface area (Å²) in [6.45, 7) is 9.68. The largest absolute Gasteiger partial charge is 0.381 e. The molecule has 0 amide bonds. The third-order valence-corrected chi connectivity index (χ3v) is 1.61. The van der Waals surface area contributed by atoms with Gasteiger partial charge in [0, 0.05) is 19.4 Å². The van der Waals surface area contributed by atoms with Crippen molar-refractivity contribution in [1.82, 2.24) is 0 Å². The zero-order chi connectivity index (χ0) is 10.3. The second-order valence-electron chi connectivity index (χ2n) is 4.36. The molecule has 0 aliphatic heterocycles. The van der Waals surface area contributed by atoms with Gasteiger partial charge in [-0.25, -0.2) is 0 Å². The first kappa shape index (κ1) is 12.6. The maximum absolute atomic E-state index is 11.2. The van der Waals surface area contributed by atoms with E-state index in [1.165, 1.54) is 0 Å². The van der Waals surface area contributed by atoms with Crippen molar-refractivity contribution in [2.45, 2.75) is 40.5 Å². The molecule has 0 unspecified atom stereocenters. The maximum atomic E-state index is 11.2. The number of rotatable bonds is 7. The fraction of sp³-hybridized carbons (Fsp3) is 0.909. The molecule has 0 saturated carbocycles. The highest BCUT2D eigenvalue weighted by atomic mass is 16.5. The summed E-state index contributed by atoms with van der Waals surface area (Å²) in [6, 6.07) is 0. The van der Waals surface area contributed by atoms with Gasteiger partial charge in [0.1, 0.15) is 5.78 Å². The first-order valence-corrected chi connectivity index (χ1v) is 5.11. The Morgan fingerprint density at radius 1 is 1.15 bits per heavy atom. The molecule has 2 heteroatoms. The molecule has 0 radical (unpaired) electrons. The molecule has 2 nitrogen and oxygen atoms in total. The molecule has 0 fully saturated rings. The van der Waals surface area contributed by atoms with Crippen LogP contribution in [0.1, 0.15) is 40.5 Å². The monoisotopic (exact) mass is 186 g/mol. The van der Waals surface area contributed by atoms with E-state index in [1.54, 1.807) is 0 Å². The number of ketones is 1. The van der Waals surface area contributed by atoms with Crippen LogP contribution in [0.5, 0.6) is 0 Å². The van der Waals surface area contributed by atoms with Gasteiger partial charge in [-0.05, 0) is 11.8 Å². The second-order valence-corrected chi connectivity index (χ2v) is 4.36. The minimum Gasteiger partial charge on any atom is -0.381 e. The Labute approximate surface area is 81.7 Å². The quantitative estimate of drug-likeness (QED) is 0.571. The Hall–Kier alpha value is -0.370. The Kier molecular flexibility index (Phi) is 6.87. The van der Waals surface area contributed by atoms with E-state index in [0.29, 0.717) is 37.1 Å². The molecule has 0 bridgehead atoms. The van der Waals surface area contributed by atoms with Crippen LogP contribution in [0.2, 0.25) is 0 Å². The van der Waals surface area contributed by atoms with Crippen molar-refractivity contribution in [1.29, 1.82) is 0 Å². The van der Waals surface area contributed by atoms with Crippen LogP contribution < -0.4 is 0 Å². The van der Waals surface area contributed by atoms with E-state index < -0.39 is 0 Å². The van der Waals surface area contributed by atoms with Crippen LogP contribution >= 0.6 is 0 Å². The zero-order valence-corrected chi connectivity index (χ0v) is 9.30. The Morgan fingerprint density at radius 3 is 2.23 bits per heavy atom. The highest BCUT2D eigenvalue weighted by Crippen LogP contribution is 2.03. The smallest absolute Gasteiger partial charge is 0.135 e. The lowest BCUT2D eigenvalue weighted by atomic mass is 10.1. The molecule has 0 aliphatic rings. The number of ether oxygens (including phenoxy) is 1. The fourth-order valence-corrected chi connectivity index (χ4v) is 1.06. The molecule has 78 valence electrons. The van der Waals surface area contributed by atoms with Gasteiger partial charge in [0.25, 0.3) is 0 Å². The lowest BCUT2D eigenvalue weighted by molar-refractivity contribution is -0.120. The average Bonchev–Trinajstić information content (AvgIpc) is 1.96. The number of hydrogen-bond donors (Lipinski definition) is 0. The minimum absolute atomic E-state index is 0.318. The molecule has 0 N–H and O–H groups in total. The van der Waals surface area contributed by atoms with Crippen LogP contribution in [0.4, 0.5) is 0 Å². The number of carbonyl (C=O) groups excluding carboxylic acids is 1. The lowest BCUT2D eigenvalue weighted by Gasteiger charge is -2.07. The van der Waals surface area contributed by atoms with E-state index in [1.807, 2.05) is 0 Å².